The molecule has 26 heavy (non-hydrogen) atoms. The molecule has 5 heteroatoms. The third-order valence-electron chi connectivity index (χ3n) is 3.73. The first-order valence-corrected chi connectivity index (χ1v) is 9.19. The number of hydrogen-bond acceptors (Lipinski definition) is 3. The van der Waals surface area contributed by atoms with Crippen LogP contribution in [0.3, 0.4) is 0 Å². The lowest BCUT2D eigenvalue weighted by Gasteiger charge is -2.21. The van der Waals surface area contributed by atoms with E-state index in [0.29, 0.717) is 18.8 Å². The molecule has 0 aliphatic carbocycles. The number of rotatable bonds is 5. The van der Waals surface area contributed by atoms with Crippen LogP contribution in [0.25, 0.3) is 0 Å². The Hall–Kier alpha value is -2.25. The highest BCUT2D eigenvalue weighted by Gasteiger charge is 2.19. The summed E-state index contributed by atoms with van der Waals surface area (Å²) in [6.45, 7) is 8.19. The summed E-state index contributed by atoms with van der Waals surface area (Å²) < 4.78 is 6.92. The van der Waals surface area contributed by atoms with Gasteiger partial charge >= 0.3 is 0 Å². The fraction of sp³-hybridized carbons (Fsp3) is 0.429. The van der Waals surface area contributed by atoms with Gasteiger partial charge in [-0.1, -0.05) is 48.9 Å². The third-order valence-corrected chi connectivity index (χ3v) is 4.08. The van der Waals surface area contributed by atoms with Crippen molar-refractivity contribution in [1.29, 1.82) is 0 Å². The van der Waals surface area contributed by atoms with Gasteiger partial charge in [-0.2, -0.15) is 5.10 Å². The highest BCUT2D eigenvalue weighted by Crippen LogP contribution is 2.20. The number of halogens is 1. The molecule has 138 valence electrons. The van der Waals surface area contributed by atoms with Crippen LogP contribution in [-0.4, -0.2) is 16.4 Å². The molecule has 1 heterocycles. The van der Waals surface area contributed by atoms with Gasteiger partial charge in [-0.3, -0.25) is 4.79 Å². The number of ether oxygens (including phenoxy) is 1. The van der Waals surface area contributed by atoms with Crippen molar-refractivity contribution in [2.75, 3.05) is 6.61 Å². The quantitative estimate of drug-likeness (QED) is 0.576. The Labute approximate surface area is 160 Å². The molecule has 0 radical (unpaired) electrons. The Morgan fingerprint density at radius 2 is 1.92 bits per heavy atom. The SMILES string of the molecule is CCCc1ccc(C#CCCOc2cnn(C(C)(C)C)c(=O)c2Cl)cc1. The lowest BCUT2D eigenvalue weighted by molar-refractivity contribution is 0.306. The Bertz CT molecular complexity index is 853. The standard InChI is InChI=1S/C21H25ClN2O2/c1-5-8-16-10-12-17(13-11-16)9-6-7-14-26-18-15-23-24(21(2,3)4)20(25)19(18)22/h10-13,15H,5,7-8,14H2,1-4H3. The van der Waals surface area contributed by atoms with Crippen LogP contribution in [0.5, 0.6) is 5.75 Å². The highest BCUT2D eigenvalue weighted by molar-refractivity contribution is 6.31. The maximum atomic E-state index is 12.2. The molecule has 2 aromatic rings. The first-order valence-electron chi connectivity index (χ1n) is 8.82. The summed E-state index contributed by atoms with van der Waals surface area (Å²) in [5, 5.41) is 4.19. The molecule has 0 saturated carbocycles. The van der Waals surface area contributed by atoms with Gasteiger partial charge in [0.1, 0.15) is 0 Å². The average Bonchev–Trinajstić information content (AvgIpc) is 2.59. The van der Waals surface area contributed by atoms with E-state index in [-0.39, 0.29) is 10.6 Å². The zero-order valence-corrected chi connectivity index (χ0v) is 16.6. The van der Waals surface area contributed by atoms with E-state index in [1.54, 1.807) is 0 Å². The molecule has 1 aromatic heterocycles. The van der Waals surface area contributed by atoms with Crippen molar-refractivity contribution in [3.8, 4) is 17.6 Å². The Morgan fingerprint density at radius 1 is 1.23 bits per heavy atom. The summed E-state index contributed by atoms with van der Waals surface area (Å²) in [4.78, 5) is 12.2. The zero-order valence-electron chi connectivity index (χ0n) is 15.8. The predicted octanol–water partition coefficient (Wildman–Crippen LogP) is 4.42. The van der Waals surface area contributed by atoms with Gasteiger partial charge in [0, 0.05) is 12.0 Å². The van der Waals surface area contributed by atoms with Gasteiger partial charge in [-0.25, -0.2) is 4.68 Å². The second-order valence-electron chi connectivity index (χ2n) is 7.06. The maximum Gasteiger partial charge on any atom is 0.289 e. The van der Waals surface area contributed by atoms with Crippen molar-refractivity contribution >= 4 is 11.6 Å². The molecule has 0 amide bonds. The van der Waals surface area contributed by atoms with E-state index in [9.17, 15) is 4.79 Å². The van der Waals surface area contributed by atoms with Gasteiger partial charge in [0.15, 0.2) is 10.8 Å². The first kappa shape index (κ1) is 20.1. The van der Waals surface area contributed by atoms with Crippen LogP contribution in [0.1, 0.15) is 51.7 Å². The lowest BCUT2D eigenvalue weighted by Crippen LogP contribution is -2.36. The van der Waals surface area contributed by atoms with Crippen molar-refractivity contribution in [3.63, 3.8) is 0 Å². The second-order valence-corrected chi connectivity index (χ2v) is 7.44. The van der Waals surface area contributed by atoms with Crippen LogP contribution < -0.4 is 10.3 Å². The molecule has 0 aliphatic heterocycles. The number of aryl methyl sites for hydroxylation is 1. The number of benzene rings is 1. The smallest absolute Gasteiger partial charge is 0.289 e. The molecular formula is C21H25ClN2O2. The van der Waals surface area contributed by atoms with E-state index in [2.05, 4.69) is 36.0 Å². The third kappa shape index (κ3) is 5.37. The fourth-order valence-electron chi connectivity index (χ4n) is 2.42. The summed E-state index contributed by atoms with van der Waals surface area (Å²) in [7, 11) is 0. The molecule has 0 spiro atoms. The van der Waals surface area contributed by atoms with Crippen LogP contribution in [0.4, 0.5) is 0 Å². The van der Waals surface area contributed by atoms with Crippen LogP contribution in [0, 0.1) is 11.8 Å². The van der Waals surface area contributed by atoms with Gasteiger partial charge in [0.2, 0.25) is 0 Å². The fourth-order valence-corrected chi connectivity index (χ4v) is 2.60. The Morgan fingerprint density at radius 3 is 2.54 bits per heavy atom. The summed E-state index contributed by atoms with van der Waals surface area (Å²) in [5.41, 5.74) is 1.53. The van der Waals surface area contributed by atoms with Gasteiger partial charge < -0.3 is 4.74 Å². The molecule has 0 saturated heterocycles. The Balaban J connectivity index is 1.93. The molecule has 0 fully saturated rings. The van der Waals surface area contributed by atoms with Crippen molar-refractivity contribution in [1.82, 2.24) is 9.78 Å². The van der Waals surface area contributed by atoms with E-state index >= 15 is 0 Å². The van der Waals surface area contributed by atoms with Gasteiger partial charge in [0.25, 0.3) is 5.56 Å². The number of aromatic nitrogens is 2. The molecule has 0 unspecified atom stereocenters. The summed E-state index contributed by atoms with van der Waals surface area (Å²) in [5.74, 6) is 6.48. The summed E-state index contributed by atoms with van der Waals surface area (Å²) in [6.07, 6.45) is 4.24. The molecule has 1 aromatic carbocycles. The first-order chi connectivity index (χ1) is 12.3. The second kappa shape index (κ2) is 8.91. The average molecular weight is 373 g/mol. The molecule has 0 N–H and O–H groups in total. The minimum atomic E-state index is -0.433. The normalized spacial score (nSPS) is 11.0. The van der Waals surface area contributed by atoms with E-state index in [4.69, 9.17) is 16.3 Å². The zero-order chi connectivity index (χ0) is 19.2. The number of hydrogen-bond donors (Lipinski definition) is 0. The van der Waals surface area contributed by atoms with E-state index in [1.165, 1.54) is 16.4 Å². The van der Waals surface area contributed by atoms with Gasteiger partial charge in [-0.15, -0.1) is 0 Å². The van der Waals surface area contributed by atoms with E-state index in [0.717, 1.165) is 18.4 Å². The van der Waals surface area contributed by atoms with Crippen LogP contribution in [0.15, 0.2) is 35.3 Å². The minimum absolute atomic E-state index is 0.0504. The van der Waals surface area contributed by atoms with Gasteiger partial charge in [0.05, 0.1) is 18.3 Å². The molecule has 0 bridgehead atoms. The lowest BCUT2D eigenvalue weighted by atomic mass is 10.1. The topological polar surface area (TPSA) is 44.1 Å². The van der Waals surface area contributed by atoms with Crippen LogP contribution >= 0.6 is 11.6 Å². The summed E-state index contributed by atoms with van der Waals surface area (Å²) in [6, 6.07) is 8.29. The van der Waals surface area contributed by atoms with Crippen molar-refractivity contribution in [2.45, 2.75) is 52.5 Å². The maximum absolute atomic E-state index is 12.2. The van der Waals surface area contributed by atoms with Crippen molar-refractivity contribution in [3.05, 3.63) is 57.0 Å². The van der Waals surface area contributed by atoms with Crippen LogP contribution in [-0.2, 0) is 12.0 Å². The molecule has 4 nitrogen and oxygen atoms in total. The largest absolute Gasteiger partial charge is 0.489 e. The van der Waals surface area contributed by atoms with Crippen molar-refractivity contribution in [2.24, 2.45) is 0 Å². The van der Waals surface area contributed by atoms with E-state index < -0.39 is 5.54 Å². The predicted molar refractivity (Wildman–Crippen MR) is 106 cm³/mol. The monoisotopic (exact) mass is 372 g/mol. The summed E-state index contributed by atoms with van der Waals surface area (Å²) >= 11 is 6.12. The molecule has 0 atom stereocenters. The van der Waals surface area contributed by atoms with Gasteiger partial charge in [-0.05, 0) is 44.9 Å². The molecular weight excluding hydrogens is 348 g/mol. The highest BCUT2D eigenvalue weighted by atomic mass is 35.5. The number of nitrogens with zero attached hydrogens (tertiary/aromatic N) is 2. The Kier molecular flexibility index (Phi) is 6.88. The minimum Gasteiger partial charge on any atom is -0.489 e. The molecule has 0 aliphatic rings. The van der Waals surface area contributed by atoms with Crippen molar-refractivity contribution < 1.29 is 4.74 Å². The molecule has 2 rings (SSSR count). The van der Waals surface area contributed by atoms with Crippen LogP contribution in [0.2, 0.25) is 5.02 Å². The van der Waals surface area contributed by atoms with E-state index in [1.807, 2.05) is 32.9 Å².